The molecule has 0 saturated carbocycles. The van der Waals surface area contributed by atoms with Crippen LogP contribution < -0.4 is 10.5 Å². The van der Waals surface area contributed by atoms with E-state index < -0.39 is 11.7 Å². The van der Waals surface area contributed by atoms with Crippen LogP contribution in [-0.2, 0) is 25.7 Å². The molecule has 0 bridgehead atoms. The number of hydrogen-bond acceptors (Lipinski definition) is 6. The standard InChI is InChI=1S/C22H22F3N5O/c1-13-5-15(7-16-11-30(2)4-3-18(13)16)19-10-28-20(26)21(29-19)31-12-14-6-17(9-27-8-14)22(23,24)25/h5-10H,3-4,11-12H2,1-2H3,(H2,26,28). The number of halogens is 3. The number of benzene rings is 1. The van der Waals surface area contributed by atoms with E-state index in [9.17, 15) is 13.2 Å². The van der Waals surface area contributed by atoms with Gasteiger partial charge in [-0.2, -0.15) is 13.2 Å². The lowest BCUT2D eigenvalue weighted by Gasteiger charge is -2.27. The molecule has 0 atom stereocenters. The van der Waals surface area contributed by atoms with E-state index in [1.807, 2.05) is 0 Å². The Kier molecular flexibility index (Phi) is 5.53. The maximum Gasteiger partial charge on any atom is 0.417 e. The average Bonchev–Trinajstić information content (AvgIpc) is 2.72. The highest BCUT2D eigenvalue weighted by molar-refractivity contribution is 5.64. The van der Waals surface area contributed by atoms with Crippen LogP contribution in [0.2, 0.25) is 0 Å². The minimum atomic E-state index is -4.47. The number of fused-ring (bicyclic) bond motifs is 1. The van der Waals surface area contributed by atoms with Crippen molar-refractivity contribution in [3.8, 4) is 17.1 Å². The lowest BCUT2D eigenvalue weighted by molar-refractivity contribution is -0.137. The Morgan fingerprint density at radius 2 is 1.97 bits per heavy atom. The van der Waals surface area contributed by atoms with E-state index in [2.05, 4.69) is 46.0 Å². The third kappa shape index (κ3) is 4.61. The van der Waals surface area contributed by atoms with Gasteiger partial charge in [0.2, 0.25) is 0 Å². The molecule has 1 aliphatic rings. The summed E-state index contributed by atoms with van der Waals surface area (Å²) in [5.41, 5.74) is 10.6. The summed E-state index contributed by atoms with van der Waals surface area (Å²) in [5.74, 6) is 0.139. The van der Waals surface area contributed by atoms with Crippen LogP contribution in [0.25, 0.3) is 11.3 Å². The van der Waals surface area contributed by atoms with Gasteiger partial charge in [-0.1, -0.05) is 0 Å². The monoisotopic (exact) mass is 429 g/mol. The van der Waals surface area contributed by atoms with Crippen molar-refractivity contribution in [2.24, 2.45) is 0 Å². The number of nitrogens with zero attached hydrogens (tertiary/aromatic N) is 4. The summed E-state index contributed by atoms with van der Waals surface area (Å²) < 4.78 is 44.3. The molecule has 31 heavy (non-hydrogen) atoms. The third-order valence-corrected chi connectivity index (χ3v) is 5.31. The number of alkyl halides is 3. The highest BCUT2D eigenvalue weighted by Gasteiger charge is 2.31. The lowest BCUT2D eigenvalue weighted by atomic mass is 9.92. The van der Waals surface area contributed by atoms with Crippen LogP contribution in [0.1, 0.15) is 27.8 Å². The summed E-state index contributed by atoms with van der Waals surface area (Å²) in [6.07, 6.45) is 0.187. The smallest absolute Gasteiger partial charge is 0.417 e. The first kappa shape index (κ1) is 21.0. The van der Waals surface area contributed by atoms with Crippen LogP contribution in [-0.4, -0.2) is 33.4 Å². The zero-order chi connectivity index (χ0) is 22.2. The van der Waals surface area contributed by atoms with Crippen LogP contribution in [0.3, 0.4) is 0 Å². The van der Waals surface area contributed by atoms with Gasteiger partial charge in [0.05, 0.1) is 17.5 Å². The highest BCUT2D eigenvalue weighted by atomic mass is 19.4. The van der Waals surface area contributed by atoms with Crippen LogP contribution in [0.5, 0.6) is 5.88 Å². The number of aromatic nitrogens is 3. The van der Waals surface area contributed by atoms with E-state index in [0.29, 0.717) is 5.69 Å². The van der Waals surface area contributed by atoms with Crippen LogP contribution >= 0.6 is 0 Å². The van der Waals surface area contributed by atoms with E-state index in [1.54, 1.807) is 6.20 Å². The second-order valence-electron chi connectivity index (χ2n) is 7.73. The van der Waals surface area contributed by atoms with E-state index in [0.717, 1.165) is 37.3 Å². The summed E-state index contributed by atoms with van der Waals surface area (Å²) in [7, 11) is 2.09. The van der Waals surface area contributed by atoms with Gasteiger partial charge in [-0.05, 0) is 55.3 Å². The maximum atomic E-state index is 12.9. The van der Waals surface area contributed by atoms with Gasteiger partial charge in [-0.3, -0.25) is 4.98 Å². The fraction of sp³-hybridized carbons (Fsp3) is 0.318. The second-order valence-corrected chi connectivity index (χ2v) is 7.73. The number of hydrogen-bond donors (Lipinski definition) is 1. The Hall–Kier alpha value is -3.20. The van der Waals surface area contributed by atoms with Crippen molar-refractivity contribution in [1.29, 1.82) is 0 Å². The summed E-state index contributed by atoms with van der Waals surface area (Å²) in [6.45, 7) is 3.80. The Bertz CT molecular complexity index is 1120. The van der Waals surface area contributed by atoms with Gasteiger partial charge in [-0.15, -0.1) is 0 Å². The van der Waals surface area contributed by atoms with Crippen LogP contribution in [0.4, 0.5) is 19.0 Å². The van der Waals surface area contributed by atoms with Gasteiger partial charge in [0.25, 0.3) is 5.88 Å². The molecule has 2 N–H and O–H groups in total. The first-order valence-corrected chi connectivity index (χ1v) is 9.78. The van der Waals surface area contributed by atoms with Gasteiger partial charge in [0.15, 0.2) is 5.82 Å². The number of rotatable bonds is 4. The molecule has 1 aliphatic heterocycles. The van der Waals surface area contributed by atoms with Crippen LogP contribution in [0, 0.1) is 6.92 Å². The number of pyridine rings is 1. The molecule has 0 aliphatic carbocycles. The fourth-order valence-corrected chi connectivity index (χ4v) is 3.71. The Morgan fingerprint density at radius 1 is 1.16 bits per heavy atom. The second kappa shape index (κ2) is 8.14. The van der Waals surface area contributed by atoms with Crippen molar-refractivity contribution < 1.29 is 17.9 Å². The minimum Gasteiger partial charge on any atom is -0.470 e. The van der Waals surface area contributed by atoms with Gasteiger partial charge in [0.1, 0.15) is 6.61 Å². The quantitative estimate of drug-likeness (QED) is 0.675. The van der Waals surface area contributed by atoms with Crippen molar-refractivity contribution in [1.82, 2.24) is 19.9 Å². The highest BCUT2D eigenvalue weighted by Crippen LogP contribution is 2.31. The normalized spacial score (nSPS) is 14.4. The van der Waals surface area contributed by atoms with Crippen molar-refractivity contribution in [3.05, 3.63) is 64.6 Å². The molecule has 3 aromatic rings. The molecule has 0 spiro atoms. The van der Waals surface area contributed by atoms with Crippen LogP contribution in [0.15, 0.2) is 36.8 Å². The summed E-state index contributed by atoms with van der Waals surface area (Å²) >= 11 is 0. The third-order valence-electron chi connectivity index (χ3n) is 5.31. The van der Waals surface area contributed by atoms with E-state index in [-0.39, 0.29) is 23.9 Å². The van der Waals surface area contributed by atoms with E-state index in [1.165, 1.54) is 22.9 Å². The maximum absolute atomic E-state index is 12.9. The topological polar surface area (TPSA) is 77.2 Å². The molecule has 0 amide bonds. The minimum absolute atomic E-state index is 0.0677. The first-order valence-electron chi connectivity index (χ1n) is 9.78. The number of likely N-dealkylation sites (N-methyl/N-ethyl adjacent to an activating group) is 1. The fourth-order valence-electron chi connectivity index (χ4n) is 3.71. The summed E-state index contributed by atoms with van der Waals surface area (Å²) in [4.78, 5) is 14.5. The lowest BCUT2D eigenvalue weighted by Crippen LogP contribution is -2.27. The SMILES string of the molecule is Cc1cc(-c2cnc(N)c(OCc3cncc(C(F)(F)F)c3)n2)cc2c1CCN(C)C2. The molecule has 6 nitrogen and oxygen atoms in total. The molecule has 0 fully saturated rings. The summed E-state index contributed by atoms with van der Waals surface area (Å²) in [6, 6.07) is 5.15. The van der Waals surface area contributed by atoms with Crippen molar-refractivity contribution in [2.45, 2.75) is 32.7 Å². The van der Waals surface area contributed by atoms with Gasteiger partial charge in [-0.25, -0.2) is 9.97 Å². The van der Waals surface area contributed by atoms with E-state index in [4.69, 9.17) is 10.5 Å². The Morgan fingerprint density at radius 3 is 2.74 bits per heavy atom. The van der Waals surface area contributed by atoms with Crippen molar-refractivity contribution in [3.63, 3.8) is 0 Å². The summed E-state index contributed by atoms with van der Waals surface area (Å²) in [5, 5.41) is 0. The molecule has 0 unspecified atom stereocenters. The molecule has 0 saturated heterocycles. The number of nitrogens with two attached hydrogens (primary N) is 1. The van der Waals surface area contributed by atoms with Gasteiger partial charge in [0, 0.05) is 36.6 Å². The van der Waals surface area contributed by atoms with Gasteiger partial charge < -0.3 is 15.4 Å². The predicted octanol–water partition coefficient (Wildman–Crippen LogP) is 4.01. The molecule has 9 heteroatoms. The number of anilines is 1. The van der Waals surface area contributed by atoms with Crippen molar-refractivity contribution >= 4 is 5.82 Å². The molecule has 3 heterocycles. The molecule has 2 aromatic heterocycles. The average molecular weight is 429 g/mol. The zero-order valence-electron chi connectivity index (χ0n) is 17.2. The number of nitrogen functional groups attached to an aromatic ring is 1. The molecular formula is C22H22F3N5O. The molecule has 0 radical (unpaired) electrons. The molecule has 162 valence electrons. The molecule has 4 rings (SSSR count). The largest absolute Gasteiger partial charge is 0.470 e. The predicted molar refractivity (Wildman–Crippen MR) is 110 cm³/mol. The van der Waals surface area contributed by atoms with Gasteiger partial charge >= 0.3 is 6.18 Å². The molecular weight excluding hydrogens is 407 g/mol. The zero-order valence-corrected chi connectivity index (χ0v) is 17.2. The Labute approximate surface area is 177 Å². The Balaban J connectivity index is 1.59. The molecule has 1 aromatic carbocycles. The number of aryl methyl sites for hydroxylation is 1. The van der Waals surface area contributed by atoms with E-state index >= 15 is 0 Å². The number of ether oxygens (including phenoxy) is 1. The first-order chi connectivity index (χ1) is 14.7. The van der Waals surface area contributed by atoms with Crippen molar-refractivity contribution in [2.75, 3.05) is 19.3 Å².